The molecule has 1 fully saturated rings. The second-order valence-corrected chi connectivity index (χ2v) is 5.64. The van der Waals surface area contributed by atoms with Gasteiger partial charge in [0.1, 0.15) is 0 Å². The molecule has 2 rings (SSSR count). The van der Waals surface area contributed by atoms with Crippen LogP contribution < -0.4 is 0 Å². The van der Waals surface area contributed by atoms with Gasteiger partial charge >= 0.3 is 6.98 Å². The van der Waals surface area contributed by atoms with Gasteiger partial charge < -0.3 is 17.8 Å². The van der Waals surface area contributed by atoms with Gasteiger partial charge in [-0.2, -0.15) is 0 Å². The summed E-state index contributed by atoms with van der Waals surface area (Å²) in [4.78, 5) is 1.87. The fraction of sp³-hybridized carbons (Fsp3) is 0.467. The maximum atomic E-state index is 12.5. The summed E-state index contributed by atoms with van der Waals surface area (Å²) in [6, 6.07) is 10.3. The van der Waals surface area contributed by atoms with Crippen LogP contribution in [0.3, 0.4) is 0 Å². The van der Waals surface area contributed by atoms with Crippen molar-refractivity contribution in [3.05, 3.63) is 47.9 Å². The molecule has 0 spiro atoms. The van der Waals surface area contributed by atoms with Crippen molar-refractivity contribution < 1.29 is 12.9 Å². The Hall–Kier alpha value is -1.23. The maximum absolute atomic E-state index is 12.5. The second kappa shape index (κ2) is 6.48. The minimum Gasteiger partial charge on any atom is -0.445 e. The van der Waals surface area contributed by atoms with Crippen molar-refractivity contribution >= 4 is 6.98 Å². The number of hydrogen-bond donors (Lipinski definition) is 0. The average Bonchev–Trinajstić information content (AvgIpc) is 2.41. The molecular weight excluding hydrogens is 262 g/mol. The van der Waals surface area contributed by atoms with Gasteiger partial charge in [-0.15, -0.1) is 12.1 Å². The third-order valence-electron chi connectivity index (χ3n) is 3.96. The number of nitrogens with zero attached hydrogens (tertiary/aromatic N) is 1. The van der Waals surface area contributed by atoms with E-state index in [0.717, 1.165) is 32.4 Å². The third kappa shape index (κ3) is 4.41. The molecule has 1 aliphatic heterocycles. The zero-order valence-corrected chi connectivity index (χ0v) is 11.6. The van der Waals surface area contributed by atoms with E-state index in [9.17, 15) is 12.9 Å². The van der Waals surface area contributed by atoms with Gasteiger partial charge in [-0.3, -0.25) is 0 Å². The molecule has 1 nitrogen and oxygen atoms in total. The highest BCUT2D eigenvalue weighted by Gasteiger charge is 2.29. The van der Waals surface area contributed by atoms with Crippen LogP contribution >= 0.6 is 0 Å². The van der Waals surface area contributed by atoms with Gasteiger partial charge in [0.25, 0.3) is 0 Å². The highest BCUT2D eigenvalue weighted by atomic mass is 19.4. The summed E-state index contributed by atoms with van der Waals surface area (Å²) in [6.07, 6.45) is 2.96. The molecule has 110 valence electrons. The molecule has 0 radical (unpaired) electrons. The molecular formula is C15H20BF3N-. The Morgan fingerprint density at radius 3 is 2.30 bits per heavy atom. The average molecular weight is 282 g/mol. The van der Waals surface area contributed by atoms with Gasteiger partial charge in [-0.05, 0) is 50.4 Å². The lowest BCUT2D eigenvalue weighted by molar-refractivity contribution is 0.197. The number of rotatable bonds is 5. The topological polar surface area (TPSA) is 3.24 Å². The number of hydrogen-bond acceptors (Lipinski definition) is 1. The molecule has 1 aliphatic rings. The predicted octanol–water partition coefficient (Wildman–Crippen LogP) is 3.88. The Bertz CT molecular complexity index is 436. The van der Waals surface area contributed by atoms with Crippen LogP contribution in [0, 0.1) is 5.92 Å². The van der Waals surface area contributed by atoms with Gasteiger partial charge in [0.15, 0.2) is 0 Å². The first-order valence-corrected chi connectivity index (χ1v) is 7.09. The van der Waals surface area contributed by atoms with Crippen molar-refractivity contribution in [3.8, 4) is 0 Å². The van der Waals surface area contributed by atoms with E-state index in [1.807, 2.05) is 23.1 Å². The highest BCUT2D eigenvalue weighted by Crippen LogP contribution is 2.24. The molecule has 0 aliphatic carbocycles. The van der Waals surface area contributed by atoms with Crippen molar-refractivity contribution in [1.82, 2.24) is 4.90 Å². The summed E-state index contributed by atoms with van der Waals surface area (Å²) < 4.78 is 37.5. The number of halogens is 3. The van der Waals surface area contributed by atoms with Crippen molar-refractivity contribution in [2.24, 2.45) is 5.92 Å². The fourth-order valence-electron chi connectivity index (χ4n) is 2.69. The summed E-state index contributed by atoms with van der Waals surface area (Å²) in [6.45, 7) is -0.272. The van der Waals surface area contributed by atoms with Crippen LogP contribution in [0.25, 0.3) is 0 Å². The Morgan fingerprint density at radius 2 is 1.75 bits per heavy atom. The molecule has 1 aromatic rings. The summed E-state index contributed by atoms with van der Waals surface area (Å²) in [5.41, 5.74) is 0.737. The second-order valence-electron chi connectivity index (χ2n) is 5.64. The minimum absolute atomic E-state index is 0.0262. The Labute approximate surface area is 118 Å². The van der Waals surface area contributed by atoms with Crippen LogP contribution in [0.4, 0.5) is 12.9 Å². The zero-order chi connectivity index (χ0) is 14.6. The molecule has 1 aromatic carbocycles. The third-order valence-corrected chi connectivity index (χ3v) is 3.96. The van der Waals surface area contributed by atoms with E-state index in [1.165, 1.54) is 5.56 Å². The fourth-order valence-corrected chi connectivity index (χ4v) is 2.69. The Balaban J connectivity index is 1.77. The highest BCUT2D eigenvalue weighted by molar-refractivity contribution is 6.66. The van der Waals surface area contributed by atoms with Gasteiger partial charge in [0.05, 0.1) is 0 Å². The maximum Gasteiger partial charge on any atom is 0.506 e. The zero-order valence-electron chi connectivity index (χ0n) is 11.6. The minimum atomic E-state index is -4.89. The Kier molecular flexibility index (Phi) is 4.92. The normalized spacial score (nSPS) is 18.1. The monoisotopic (exact) mass is 282 g/mol. The van der Waals surface area contributed by atoms with Gasteiger partial charge in [0, 0.05) is 0 Å². The first kappa shape index (κ1) is 15.2. The summed E-state index contributed by atoms with van der Waals surface area (Å²) in [7, 11) is 0. The quantitative estimate of drug-likeness (QED) is 0.741. The molecule has 20 heavy (non-hydrogen) atoms. The van der Waals surface area contributed by atoms with E-state index in [0.29, 0.717) is 5.92 Å². The predicted molar refractivity (Wildman–Crippen MR) is 77.5 cm³/mol. The molecule has 0 bridgehead atoms. The van der Waals surface area contributed by atoms with Crippen LogP contribution in [0.2, 0.25) is 0 Å². The van der Waals surface area contributed by atoms with E-state index in [4.69, 9.17) is 0 Å². The van der Waals surface area contributed by atoms with Gasteiger partial charge in [-0.1, -0.05) is 30.3 Å². The first-order valence-electron chi connectivity index (χ1n) is 7.09. The number of likely N-dealkylation sites (tertiary alicyclic amines) is 1. The molecule has 0 saturated carbocycles. The smallest absolute Gasteiger partial charge is 0.445 e. The summed E-state index contributed by atoms with van der Waals surface area (Å²) in [5, 5.41) is 0. The van der Waals surface area contributed by atoms with Gasteiger partial charge in [0.2, 0.25) is 0 Å². The van der Waals surface area contributed by atoms with Crippen LogP contribution in [0.15, 0.2) is 42.4 Å². The van der Waals surface area contributed by atoms with Crippen molar-refractivity contribution in [2.45, 2.75) is 19.3 Å². The van der Waals surface area contributed by atoms with Crippen molar-refractivity contribution in [1.29, 1.82) is 0 Å². The molecule has 0 atom stereocenters. The standard InChI is InChI=1S/C15H20BF3N/c1-13(16(17,18)19)12-20-9-7-15(8-10-20)11-14-5-3-2-4-6-14/h2-6,15H,1,7-12H2/q-1. The summed E-state index contributed by atoms with van der Waals surface area (Å²) >= 11 is 0. The molecule has 0 unspecified atom stereocenters. The largest absolute Gasteiger partial charge is 0.506 e. The lowest BCUT2D eigenvalue weighted by atomic mass is 9.79. The van der Waals surface area contributed by atoms with E-state index in [-0.39, 0.29) is 6.54 Å². The van der Waals surface area contributed by atoms with Crippen LogP contribution in [0.5, 0.6) is 0 Å². The molecule has 1 saturated heterocycles. The van der Waals surface area contributed by atoms with E-state index in [2.05, 4.69) is 18.7 Å². The Morgan fingerprint density at radius 1 is 1.15 bits per heavy atom. The first-order chi connectivity index (χ1) is 9.45. The SMILES string of the molecule is C=C(CN1CCC(Cc2ccccc2)CC1)[B-](F)(F)F. The van der Waals surface area contributed by atoms with Crippen LogP contribution in [0.1, 0.15) is 18.4 Å². The lowest BCUT2D eigenvalue weighted by Crippen LogP contribution is -2.38. The van der Waals surface area contributed by atoms with E-state index in [1.54, 1.807) is 0 Å². The number of benzene rings is 1. The summed E-state index contributed by atoms with van der Waals surface area (Å²) in [5.74, 6) is 0.582. The molecule has 0 N–H and O–H groups in total. The molecule has 0 amide bonds. The van der Waals surface area contributed by atoms with E-state index < -0.39 is 12.4 Å². The van der Waals surface area contributed by atoms with Gasteiger partial charge in [-0.25, -0.2) is 0 Å². The van der Waals surface area contributed by atoms with Crippen LogP contribution in [-0.2, 0) is 6.42 Å². The lowest BCUT2D eigenvalue weighted by Gasteiger charge is -2.34. The molecule has 5 heteroatoms. The molecule has 1 heterocycles. The number of piperidine rings is 1. The van der Waals surface area contributed by atoms with Crippen molar-refractivity contribution in [2.75, 3.05) is 19.6 Å². The van der Waals surface area contributed by atoms with Crippen LogP contribution in [-0.4, -0.2) is 31.5 Å². The van der Waals surface area contributed by atoms with E-state index >= 15 is 0 Å². The molecule has 0 aromatic heterocycles. The van der Waals surface area contributed by atoms with Crippen molar-refractivity contribution in [3.63, 3.8) is 0 Å².